The number of hydrogen-bond acceptors (Lipinski definition) is 5. The zero-order valence-electron chi connectivity index (χ0n) is 14.8. The maximum Gasteiger partial charge on any atom is 0.243 e. The van der Waals surface area contributed by atoms with E-state index < -0.39 is 10.0 Å². The third-order valence-electron chi connectivity index (χ3n) is 4.05. The molecule has 0 aromatic heterocycles. The van der Waals surface area contributed by atoms with E-state index in [2.05, 4.69) is 10.6 Å². The van der Waals surface area contributed by atoms with Crippen molar-refractivity contribution in [2.24, 2.45) is 0 Å². The Balaban J connectivity index is 1.63. The molecule has 1 saturated heterocycles. The van der Waals surface area contributed by atoms with Crippen LogP contribution in [0.15, 0.2) is 58.3 Å². The van der Waals surface area contributed by atoms with Crippen LogP contribution in [0.4, 0.5) is 11.4 Å². The number of nitrogens with zero attached hydrogens (tertiary/aromatic N) is 1. The number of thiocarbonyl (C=S) groups is 1. The number of benzene rings is 2. The molecule has 0 unspecified atom stereocenters. The predicted octanol–water partition coefficient (Wildman–Crippen LogP) is 3.24. The van der Waals surface area contributed by atoms with E-state index in [1.807, 2.05) is 30.5 Å². The van der Waals surface area contributed by atoms with Crippen molar-refractivity contribution in [2.45, 2.75) is 9.79 Å². The number of nitrogens with one attached hydrogen (secondary N) is 2. The van der Waals surface area contributed by atoms with Crippen molar-refractivity contribution >= 4 is 50.5 Å². The Morgan fingerprint density at radius 1 is 1.07 bits per heavy atom. The molecule has 0 aliphatic carbocycles. The summed E-state index contributed by atoms with van der Waals surface area (Å²) in [7, 11) is -3.49. The van der Waals surface area contributed by atoms with Crippen molar-refractivity contribution in [3.63, 3.8) is 0 Å². The highest BCUT2D eigenvalue weighted by atomic mass is 32.2. The summed E-state index contributed by atoms with van der Waals surface area (Å²) in [6.07, 6.45) is 2.02. The van der Waals surface area contributed by atoms with Gasteiger partial charge in [0.05, 0.1) is 18.1 Å². The predicted molar refractivity (Wildman–Crippen MR) is 114 cm³/mol. The minimum absolute atomic E-state index is 0.265. The lowest BCUT2D eigenvalue weighted by atomic mass is 10.3. The topological polar surface area (TPSA) is 70.7 Å². The number of rotatable bonds is 5. The molecule has 1 heterocycles. The fourth-order valence-corrected chi connectivity index (χ4v) is 4.74. The van der Waals surface area contributed by atoms with Crippen molar-refractivity contribution in [3.05, 3.63) is 48.5 Å². The van der Waals surface area contributed by atoms with Crippen LogP contribution in [-0.4, -0.2) is 50.4 Å². The van der Waals surface area contributed by atoms with Gasteiger partial charge in [0, 0.05) is 29.4 Å². The second kappa shape index (κ2) is 9.03. The summed E-state index contributed by atoms with van der Waals surface area (Å²) in [4.78, 5) is 1.40. The van der Waals surface area contributed by atoms with Crippen molar-refractivity contribution < 1.29 is 13.2 Å². The zero-order chi connectivity index (χ0) is 19.3. The van der Waals surface area contributed by atoms with Crippen molar-refractivity contribution in [3.8, 4) is 0 Å². The second-order valence-corrected chi connectivity index (χ2v) is 9.08. The van der Waals surface area contributed by atoms with E-state index in [0.29, 0.717) is 31.4 Å². The molecule has 1 fully saturated rings. The monoisotopic (exact) mass is 423 g/mol. The van der Waals surface area contributed by atoms with E-state index in [4.69, 9.17) is 17.0 Å². The Kier molecular flexibility index (Phi) is 6.72. The van der Waals surface area contributed by atoms with Gasteiger partial charge in [-0.05, 0) is 60.9 Å². The fourth-order valence-electron chi connectivity index (χ4n) is 2.64. The molecule has 1 aliphatic rings. The van der Waals surface area contributed by atoms with Gasteiger partial charge in [-0.25, -0.2) is 8.42 Å². The highest BCUT2D eigenvalue weighted by molar-refractivity contribution is 7.98. The summed E-state index contributed by atoms with van der Waals surface area (Å²) in [5.41, 5.74) is 1.61. The van der Waals surface area contributed by atoms with E-state index in [1.54, 1.807) is 36.0 Å². The van der Waals surface area contributed by atoms with Crippen LogP contribution in [0, 0.1) is 0 Å². The summed E-state index contributed by atoms with van der Waals surface area (Å²) < 4.78 is 31.9. The molecule has 0 spiro atoms. The van der Waals surface area contributed by atoms with Crippen LogP contribution in [0.25, 0.3) is 0 Å². The quantitative estimate of drug-likeness (QED) is 0.565. The molecular formula is C18H21N3O3S3. The highest BCUT2D eigenvalue weighted by Crippen LogP contribution is 2.21. The smallest absolute Gasteiger partial charge is 0.243 e. The van der Waals surface area contributed by atoms with Crippen LogP contribution in [0.2, 0.25) is 0 Å². The molecule has 144 valence electrons. The average molecular weight is 424 g/mol. The molecule has 2 aromatic rings. The third kappa shape index (κ3) is 5.20. The summed E-state index contributed by atoms with van der Waals surface area (Å²) >= 11 is 6.99. The Hall–Kier alpha value is -1.65. The van der Waals surface area contributed by atoms with Crippen LogP contribution in [0.5, 0.6) is 0 Å². The van der Waals surface area contributed by atoms with Gasteiger partial charge < -0.3 is 15.4 Å². The molecule has 0 amide bonds. The van der Waals surface area contributed by atoms with Gasteiger partial charge in [0.2, 0.25) is 10.0 Å². The molecule has 0 radical (unpaired) electrons. The van der Waals surface area contributed by atoms with Gasteiger partial charge >= 0.3 is 0 Å². The van der Waals surface area contributed by atoms with Crippen LogP contribution in [-0.2, 0) is 14.8 Å². The maximum absolute atomic E-state index is 12.6. The lowest BCUT2D eigenvalue weighted by molar-refractivity contribution is 0.0730. The molecule has 0 atom stereocenters. The fraction of sp³-hybridized carbons (Fsp3) is 0.278. The molecule has 3 rings (SSSR count). The summed E-state index contributed by atoms with van der Waals surface area (Å²) in [6, 6.07) is 14.5. The number of thioether (sulfide) groups is 1. The molecule has 2 N–H and O–H groups in total. The zero-order valence-corrected chi connectivity index (χ0v) is 17.3. The lowest BCUT2D eigenvalue weighted by Gasteiger charge is -2.26. The van der Waals surface area contributed by atoms with Crippen LogP contribution in [0.1, 0.15) is 0 Å². The van der Waals surface area contributed by atoms with Gasteiger partial charge in [-0.1, -0.05) is 6.07 Å². The second-order valence-electron chi connectivity index (χ2n) is 5.85. The first-order valence-corrected chi connectivity index (χ1v) is 11.5. The standard InChI is InChI=1S/C18H21N3O3S3/c1-26-16-4-2-3-15(13-16)20-18(25)19-14-5-7-17(8-6-14)27(22,23)21-9-11-24-12-10-21/h2-8,13H,9-12H2,1H3,(H2,19,20,25). The number of ether oxygens (including phenoxy) is 1. The molecule has 6 nitrogen and oxygen atoms in total. The SMILES string of the molecule is CSc1cccc(NC(=S)Nc2ccc(S(=O)(=O)N3CCOCC3)cc2)c1. The molecule has 2 aromatic carbocycles. The average Bonchev–Trinajstić information content (AvgIpc) is 2.69. The Morgan fingerprint density at radius 2 is 1.74 bits per heavy atom. The van der Waals surface area contributed by atoms with Gasteiger partial charge in [0.1, 0.15) is 0 Å². The van der Waals surface area contributed by atoms with Crippen LogP contribution >= 0.6 is 24.0 Å². The minimum Gasteiger partial charge on any atom is -0.379 e. The molecule has 9 heteroatoms. The van der Waals surface area contributed by atoms with E-state index in [-0.39, 0.29) is 4.90 Å². The Bertz CT molecular complexity index is 896. The largest absolute Gasteiger partial charge is 0.379 e. The Morgan fingerprint density at radius 3 is 2.41 bits per heavy atom. The normalized spacial score (nSPS) is 15.3. The number of hydrogen-bond donors (Lipinski definition) is 2. The van der Waals surface area contributed by atoms with Crippen molar-refractivity contribution in [1.29, 1.82) is 0 Å². The molecule has 0 bridgehead atoms. The summed E-state index contributed by atoms with van der Waals surface area (Å²) in [5.74, 6) is 0. The van der Waals surface area contributed by atoms with Gasteiger partial charge in [-0.2, -0.15) is 4.31 Å². The van der Waals surface area contributed by atoms with Crippen LogP contribution in [0.3, 0.4) is 0 Å². The first-order valence-electron chi connectivity index (χ1n) is 8.39. The maximum atomic E-state index is 12.6. The first kappa shape index (κ1) is 20.1. The number of morpholine rings is 1. The summed E-state index contributed by atoms with van der Waals surface area (Å²) in [5, 5.41) is 6.64. The highest BCUT2D eigenvalue weighted by Gasteiger charge is 2.26. The minimum atomic E-state index is -3.49. The van der Waals surface area contributed by atoms with E-state index >= 15 is 0 Å². The van der Waals surface area contributed by atoms with Gasteiger partial charge in [-0.15, -0.1) is 11.8 Å². The number of sulfonamides is 1. The van der Waals surface area contributed by atoms with E-state index in [0.717, 1.165) is 16.3 Å². The molecule has 1 aliphatic heterocycles. The van der Waals surface area contributed by atoms with Crippen LogP contribution < -0.4 is 10.6 Å². The van der Waals surface area contributed by atoms with Gasteiger partial charge in [0.15, 0.2) is 5.11 Å². The molecule has 0 saturated carbocycles. The molecular weight excluding hydrogens is 402 g/mol. The first-order chi connectivity index (χ1) is 13.0. The molecule has 27 heavy (non-hydrogen) atoms. The van der Waals surface area contributed by atoms with E-state index in [1.165, 1.54) is 4.31 Å². The third-order valence-corrected chi connectivity index (χ3v) is 6.89. The van der Waals surface area contributed by atoms with Crippen molar-refractivity contribution in [2.75, 3.05) is 43.2 Å². The van der Waals surface area contributed by atoms with Crippen molar-refractivity contribution in [1.82, 2.24) is 4.31 Å². The van der Waals surface area contributed by atoms with Gasteiger partial charge in [0.25, 0.3) is 0 Å². The van der Waals surface area contributed by atoms with Gasteiger partial charge in [-0.3, -0.25) is 0 Å². The van der Waals surface area contributed by atoms with E-state index in [9.17, 15) is 8.42 Å². The lowest BCUT2D eigenvalue weighted by Crippen LogP contribution is -2.40. The summed E-state index contributed by atoms with van der Waals surface area (Å²) in [6.45, 7) is 1.62. The number of anilines is 2. The Labute approximate surface area is 169 Å².